The van der Waals surface area contributed by atoms with E-state index in [4.69, 9.17) is 37.9 Å². The Morgan fingerprint density at radius 2 is 0.949 bits per heavy atom. The van der Waals surface area contributed by atoms with Gasteiger partial charge in [0.05, 0.1) is 56.8 Å². The highest BCUT2D eigenvalue weighted by molar-refractivity contribution is 5.36. The third-order valence-corrected chi connectivity index (χ3v) is 21.6. The maximum Gasteiger partial charge on any atom is 0.187 e. The van der Waals surface area contributed by atoms with Gasteiger partial charge in [-0.3, -0.25) is 0 Å². The Balaban J connectivity index is 0.972. The molecule has 4 saturated carbocycles. The van der Waals surface area contributed by atoms with Crippen molar-refractivity contribution in [3.8, 4) is 0 Å². The predicted molar refractivity (Wildman–Crippen MR) is 265 cm³/mol. The zero-order chi connectivity index (χ0) is 57.1. The van der Waals surface area contributed by atoms with Crippen molar-refractivity contribution in [3.05, 3.63) is 11.6 Å². The third-order valence-electron chi connectivity index (χ3n) is 21.6. The van der Waals surface area contributed by atoms with E-state index in [9.17, 15) is 81.7 Å². The summed E-state index contributed by atoms with van der Waals surface area (Å²) in [5, 5.41) is 174. The lowest BCUT2D eigenvalue weighted by Gasteiger charge is -2.72. The molecule has 30 atom stereocenters. The van der Waals surface area contributed by atoms with Crippen molar-refractivity contribution in [2.45, 2.75) is 241 Å². The van der Waals surface area contributed by atoms with Gasteiger partial charge in [-0.25, -0.2) is 0 Å². The summed E-state index contributed by atoms with van der Waals surface area (Å²) in [5.74, 6) is -0.257. The van der Waals surface area contributed by atoms with Crippen molar-refractivity contribution >= 4 is 0 Å². The van der Waals surface area contributed by atoms with Crippen LogP contribution in [0.3, 0.4) is 0 Å². The second kappa shape index (κ2) is 22.3. The zero-order valence-corrected chi connectivity index (χ0v) is 45.7. The van der Waals surface area contributed by atoms with Crippen LogP contribution in [0.15, 0.2) is 11.6 Å². The fraction of sp³-hybridized carbons (Fsp3) is 0.963. The highest BCUT2D eigenvalue weighted by Crippen LogP contribution is 2.76. The van der Waals surface area contributed by atoms with Crippen molar-refractivity contribution in [3.63, 3.8) is 0 Å². The highest BCUT2D eigenvalue weighted by atomic mass is 16.8. The monoisotopic (exact) mass is 1120 g/mol. The lowest BCUT2D eigenvalue weighted by molar-refractivity contribution is -0.398. The Kier molecular flexibility index (Phi) is 17.6. The first-order valence-electron chi connectivity index (χ1n) is 28.0. The van der Waals surface area contributed by atoms with Gasteiger partial charge in [-0.05, 0) is 96.2 Å². The molecule has 24 nitrogen and oxygen atoms in total. The van der Waals surface area contributed by atoms with Gasteiger partial charge in [0, 0.05) is 0 Å². The van der Waals surface area contributed by atoms with Gasteiger partial charge < -0.3 is 120 Å². The highest BCUT2D eigenvalue weighted by Gasteiger charge is 2.72. The molecule has 4 aliphatic heterocycles. The maximum atomic E-state index is 12.8. The molecule has 9 rings (SSSR count). The quantitative estimate of drug-likeness (QED) is 0.0625. The Hall–Kier alpha value is -1.22. The molecule has 24 heteroatoms. The van der Waals surface area contributed by atoms with Gasteiger partial charge in [-0.1, -0.05) is 60.1 Å². The lowest BCUT2D eigenvalue weighted by atomic mass is 9.33. The van der Waals surface area contributed by atoms with Gasteiger partial charge in [0.15, 0.2) is 25.2 Å². The Bertz CT molecular complexity index is 2100. The van der Waals surface area contributed by atoms with Crippen LogP contribution in [0.4, 0.5) is 0 Å². The summed E-state index contributed by atoms with van der Waals surface area (Å²) < 4.78 is 48.7. The topological polar surface area (TPSA) is 398 Å². The molecule has 4 saturated heterocycles. The summed E-state index contributed by atoms with van der Waals surface area (Å²) in [6.45, 7) is 12.1. The minimum atomic E-state index is -1.95. The van der Waals surface area contributed by atoms with Gasteiger partial charge in [0.2, 0.25) is 0 Å². The predicted octanol–water partition coefficient (Wildman–Crippen LogP) is -3.62. The summed E-state index contributed by atoms with van der Waals surface area (Å²) in [6.07, 6.45) is -29.3. The maximum absolute atomic E-state index is 12.8. The first kappa shape index (κ1) is 61.3. The van der Waals surface area contributed by atoms with E-state index in [-0.39, 0.29) is 40.6 Å². The molecule has 8 fully saturated rings. The lowest BCUT2D eigenvalue weighted by Crippen LogP contribution is -2.70. The van der Waals surface area contributed by atoms with E-state index in [1.54, 1.807) is 0 Å². The van der Waals surface area contributed by atoms with Crippen LogP contribution >= 0.6 is 0 Å². The van der Waals surface area contributed by atoms with Crippen LogP contribution in [0.25, 0.3) is 0 Å². The second-order valence-electron chi connectivity index (χ2n) is 26.6. The smallest absolute Gasteiger partial charge is 0.187 e. The molecule has 0 radical (unpaired) electrons. The number of aliphatic hydroxyl groups excluding tert-OH is 16. The molecular weight excluding hydrogens is 1030 g/mol. The van der Waals surface area contributed by atoms with Crippen molar-refractivity contribution in [1.82, 2.24) is 0 Å². The van der Waals surface area contributed by atoms with Crippen LogP contribution in [0, 0.1) is 50.2 Å². The molecule has 0 unspecified atom stereocenters. The molecule has 4 heterocycles. The average Bonchev–Trinajstić information content (AvgIpc) is 2.29. The summed E-state index contributed by atoms with van der Waals surface area (Å²) in [5.41, 5.74) is -2.30. The SMILES string of the molecule is CC1(C)C[C@H](O)[C@]2(CO[C@@H]3O[C@H](CO)[C@@H](O)[C@H](O)[C@H]3O)[C@H](O)C[C@]3(C)C(=CC[C@@H]4[C@@]5(C)CC[C@H](O[C@@H]6O[C@H](CO)[C@@H](O)[C@H](O)[C@H]6O[C@@H]6O[C@H](CO)[C@@H](O)[C@H](O)[C@H]6O[C@@H]6O[C@H](CO)[C@H](O)[C@H](O)[C@H]6O)C(C)(C)[C@@H]5CC[C@]43C)[C@@H]2C1. The average molecular weight is 1120 g/mol. The molecule has 0 aromatic carbocycles. The molecule has 5 aliphatic carbocycles. The molecule has 0 aromatic heterocycles. The fourth-order valence-electron chi connectivity index (χ4n) is 16.8. The van der Waals surface area contributed by atoms with Crippen molar-refractivity contribution in [2.75, 3.05) is 33.0 Å². The summed E-state index contributed by atoms with van der Waals surface area (Å²) >= 11 is 0. The van der Waals surface area contributed by atoms with Crippen LogP contribution in [0.1, 0.15) is 99.8 Å². The second-order valence-corrected chi connectivity index (χ2v) is 26.6. The number of hydrogen-bond donors (Lipinski definition) is 16. The number of aliphatic hydroxyl groups is 16. The Morgan fingerprint density at radius 3 is 1.49 bits per heavy atom. The molecule has 78 heavy (non-hydrogen) atoms. The first-order valence-corrected chi connectivity index (χ1v) is 28.0. The molecule has 0 bridgehead atoms. The summed E-state index contributed by atoms with van der Waals surface area (Å²) in [4.78, 5) is 0. The molecule has 16 N–H and O–H groups in total. The first-order chi connectivity index (χ1) is 36.5. The van der Waals surface area contributed by atoms with Crippen LogP contribution in [0.2, 0.25) is 0 Å². The van der Waals surface area contributed by atoms with Gasteiger partial charge in [-0.15, -0.1) is 0 Å². The van der Waals surface area contributed by atoms with E-state index in [0.29, 0.717) is 38.5 Å². The van der Waals surface area contributed by atoms with Gasteiger partial charge in [0.1, 0.15) is 97.7 Å². The van der Waals surface area contributed by atoms with Crippen molar-refractivity contribution < 1.29 is 120 Å². The molecule has 0 aromatic rings. The normalized spacial score (nSPS) is 54.9. The van der Waals surface area contributed by atoms with E-state index in [1.165, 1.54) is 0 Å². The van der Waals surface area contributed by atoms with Crippen LogP contribution in [0.5, 0.6) is 0 Å². The van der Waals surface area contributed by atoms with E-state index >= 15 is 0 Å². The van der Waals surface area contributed by atoms with Crippen LogP contribution < -0.4 is 0 Å². The van der Waals surface area contributed by atoms with Crippen LogP contribution in [-0.2, 0) is 37.9 Å². The third kappa shape index (κ3) is 9.80. The Labute approximate surface area is 454 Å². The molecule has 0 amide bonds. The van der Waals surface area contributed by atoms with Gasteiger partial charge in [-0.2, -0.15) is 0 Å². The molecular formula is C54H90O24. The van der Waals surface area contributed by atoms with E-state index < -0.39 is 184 Å². The molecule has 9 aliphatic rings. The van der Waals surface area contributed by atoms with Gasteiger partial charge in [0.25, 0.3) is 0 Å². The fourth-order valence-corrected chi connectivity index (χ4v) is 16.8. The van der Waals surface area contributed by atoms with Gasteiger partial charge >= 0.3 is 0 Å². The van der Waals surface area contributed by atoms with E-state index in [1.807, 2.05) is 0 Å². The largest absolute Gasteiger partial charge is 0.394 e. The number of rotatable bonds is 13. The van der Waals surface area contributed by atoms with Crippen molar-refractivity contribution in [2.24, 2.45) is 50.2 Å². The number of hydrogen-bond acceptors (Lipinski definition) is 24. The van der Waals surface area contributed by atoms with E-state index in [0.717, 1.165) is 18.4 Å². The van der Waals surface area contributed by atoms with Crippen LogP contribution in [-0.4, -0.2) is 256 Å². The van der Waals surface area contributed by atoms with E-state index in [2.05, 4.69) is 54.5 Å². The molecule has 0 spiro atoms. The Morgan fingerprint density at radius 1 is 0.487 bits per heavy atom. The number of fused-ring (bicyclic) bond motifs is 7. The standard InChI is InChI=1S/C54H90O24/c1-49(2)14-23-22-8-9-29-51(5)12-11-32(50(3,4)28(51)10-13-52(29,6)53(22,7)16-31(60)54(23,30(59)15-49)21-71-45-41(69)37(65)33(61)24(17-55)72-45)76-47-43(39(67)35(63)26(19-57)74-47)78-48-44(40(68)36(64)27(20-58)75-48)77-46-42(70)38(66)34(62)25(18-56)73-46/h8,23-48,55-70H,9-21H2,1-7H3/t23-,24+,25+,26+,27+,28-,29+,30-,31+,32-,33+,34-,35+,36+,37-,38-,39-,40-,41+,42+,43+,44+,45+,46-,47-,48-,51-,52+,53+,54+/m0/s1. The summed E-state index contributed by atoms with van der Waals surface area (Å²) in [7, 11) is 0. The number of allylic oxidation sites excluding steroid dienone is 2. The number of ether oxygens (including phenoxy) is 8. The minimum Gasteiger partial charge on any atom is -0.394 e. The minimum absolute atomic E-state index is 0.0161. The van der Waals surface area contributed by atoms with Crippen molar-refractivity contribution in [1.29, 1.82) is 0 Å². The summed E-state index contributed by atoms with van der Waals surface area (Å²) in [6, 6.07) is 0. The molecule has 450 valence electrons. The zero-order valence-electron chi connectivity index (χ0n) is 45.7.